The number of imide groups is 1. The lowest BCUT2D eigenvalue weighted by Crippen LogP contribution is -2.43. The van der Waals surface area contributed by atoms with Crippen molar-refractivity contribution >= 4 is 11.8 Å². The Labute approximate surface area is 96.4 Å². The topological polar surface area (TPSA) is 49.4 Å². The van der Waals surface area contributed by atoms with E-state index in [1.165, 1.54) is 17.7 Å². The van der Waals surface area contributed by atoms with Gasteiger partial charge in [-0.25, -0.2) is 0 Å². The Morgan fingerprint density at radius 2 is 1.75 bits per heavy atom. The fourth-order valence-corrected chi connectivity index (χ4v) is 2.78. The zero-order chi connectivity index (χ0) is 11.5. The predicted octanol–water partition coefficient (Wildman–Crippen LogP) is 1.06. The molecule has 2 aliphatic rings. The molecule has 0 aromatic heterocycles. The number of carbonyl (C=O) groups is 2. The highest BCUT2D eigenvalue weighted by atomic mass is 16.2. The highest BCUT2D eigenvalue weighted by Crippen LogP contribution is 2.26. The third kappa shape index (κ3) is 2.12. The monoisotopic (exact) mass is 224 g/mol. The fourth-order valence-electron chi connectivity index (χ4n) is 2.78. The second kappa shape index (κ2) is 4.95. The maximum atomic E-state index is 12.0. The summed E-state index contributed by atoms with van der Waals surface area (Å²) in [5.41, 5.74) is 0. The molecule has 4 nitrogen and oxygen atoms in total. The molecule has 1 atom stereocenters. The fraction of sp³-hybridized carbons (Fsp3) is 0.833. The molecule has 16 heavy (non-hydrogen) atoms. The summed E-state index contributed by atoms with van der Waals surface area (Å²) < 4.78 is 0. The summed E-state index contributed by atoms with van der Waals surface area (Å²) in [6.45, 7) is 0. The Morgan fingerprint density at radius 3 is 2.25 bits per heavy atom. The minimum atomic E-state index is -0.282. The summed E-state index contributed by atoms with van der Waals surface area (Å²) in [5, 5.41) is 2.92. The zero-order valence-electron chi connectivity index (χ0n) is 9.87. The Morgan fingerprint density at radius 1 is 1.12 bits per heavy atom. The molecule has 2 rings (SSSR count). The van der Waals surface area contributed by atoms with Gasteiger partial charge in [0.1, 0.15) is 0 Å². The van der Waals surface area contributed by atoms with Gasteiger partial charge in [-0.15, -0.1) is 0 Å². The molecule has 0 spiro atoms. The van der Waals surface area contributed by atoms with Crippen molar-refractivity contribution in [1.29, 1.82) is 0 Å². The first-order valence-electron chi connectivity index (χ1n) is 6.27. The molecule has 0 radical (unpaired) electrons. The summed E-state index contributed by atoms with van der Waals surface area (Å²) in [7, 11) is 1.74. The van der Waals surface area contributed by atoms with Crippen molar-refractivity contribution in [3.05, 3.63) is 0 Å². The second-order valence-corrected chi connectivity index (χ2v) is 4.79. The summed E-state index contributed by atoms with van der Waals surface area (Å²) >= 11 is 0. The number of likely N-dealkylation sites (N-methyl/N-ethyl adjacent to an activating group) is 1. The van der Waals surface area contributed by atoms with Crippen molar-refractivity contribution < 1.29 is 9.59 Å². The van der Waals surface area contributed by atoms with E-state index < -0.39 is 0 Å². The lowest BCUT2D eigenvalue weighted by molar-refractivity contribution is -0.141. The first kappa shape index (κ1) is 11.6. The van der Waals surface area contributed by atoms with E-state index in [-0.39, 0.29) is 23.9 Å². The zero-order valence-corrected chi connectivity index (χ0v) is 9.87. The van der Waals surface area contributed by atoms with Gasteiger partial charge in [0.2, 0.25) is 11.8 Å². The maximum Gasteiger partial charge on any atom is 0.247 e. The van der Waals surface area contributed by atoms with Gasteiger partial charge in [-0.2, -0.15) is 0 Å². The number of nitrogens with one attached hydrogen (secondary N) is 1. The second-order valence-electron chi connectivity index (χ2n) is 4.79. The summed E-state index contributed by atoms with van der Waals surface area (Å²) in [6, 6.07) is -0.114. The largest absolute Gasteiger partial charge is 0.308 e. The summed E-state index contributed by atoms with van der Waals surface area (Å²) in [5.74, 6) is -0.00403. The van der Waals surface area contributed by atoms with Crippen molar-refractivity contribution in [2.75, 3.05) is 7.05 Å². The van der Waals surface area contributed by atoms with Crippen LogP contribution < -0.4 is 5.32 Å². The first-order valence-corrected chi connectivity index (χ1v) is 6.27. The van der Waals surface area contributed by atoms with Crippen LogP contribution in [0.2, 0.25) is 0 Å². The number of hydrogen-bond donors (Lipinski definition) is 1. The smallest absolute Gasteiger partial charge is 0.247 e. The van der Waals surface area contributed by atoms with Crippen LogP contribution in [0.5, 0.6) is 0 Å². The summed E-state index contributed by atoms with van der Waals surface area (Å²) in [6.07, 6.45) is 7.09. The highest BCUT2D eigenvalue weighted by Gasteiger charge is 2.41. The van der Waals surface area contributed by atoms with Gasteiger partial charge in [0.25, 0.3) is 0 Å². The molecule has 2 fully saturated rings. The lowest BCUT2D eigenvalue weighted by Gasteiger charge is -2.25. The van der Waals surface area contributed by atoms with E-state index in [0.717, 1.165) is 25.7 Å². The van der Waals surface area contributed by atoms with Gasteiger partial charge in [-0.05, 0) is 19.9 Å². The normalized spacial score (nSPS) is 28.6. The van der Waals surface area contributed by atoms with Crippen LogP contribution in [0.15, 0.2) is 0 Å². The van der Waals surface area contributed by atoms with E-state index in [1.807, 2.05) is 0 Å². The molecule has 0 aromatic carbocycles. The SMILES string of the molecule is CNC1CC(=O)N(C2CCCCCC2)C1=O. The molecule has 1 aliphatic heterocycles. The number of carbonyl (C=O) groups excluding carboxylic acids is 2. The van der Waals surface area contributed by atoms with Gasteiger partial charge < -0.3 is 5.32 Å². The van der Waals surface area contributed by atoms with E-state index in [9.17, 15) is 9.59 Å². The lowest BCUT2D eigenvalue weighted by atomic mass is 10.1. The number of hydrogen-bond acceptors (Lipinski definition) is 3. The van der Waals surface area contributed by atoms with E-state index >= 15 is 0 Å². The van der Waals surface area contributed by atoms with Crippen LogP contribution in [0.3, 0.4) is 0 Å². The number of rotatable bonds is 2. The van der Waals surface area contributed by atoms with E-state index in [4.69, 9.17) is 0 Å². The predicted molar refractivity (Wildman–Crippen MR) is 60.8 cm³/mol. The molecule has 0 bridgehead atoms. The van der Waals surface area contributed by atoms with Gasteiger partial charge >= 0.3 is 0 Å². The van der Waals surface area contributed by atoms with Crippen molar-refractivity contribution in [2.45, 2.75) is 57.0 Å². The molecule has 1 N–H and O–H groups in total. The minimum Gasteiger partial charge on any atom is -0.308 e. The standard InChI is InChI=1S/C12H20N2O2/c1-13-10-8-11(15)14(12(10)16)9-6-4-2-3-5-7-9/h9-10,13H,2-8H2,1H3. The quantitative estimate of drug-likeness (QED) is 0.563. The Hall–Kier alpha value is -0.900. The molecule has 1 saturated heterocycles. The van der Waals surface area contributed by atoms with Crippen molar-refractivity contribution in [2.24, 2.45) is 0 Å². The molecule has 4 heteroatoms. The highest BCUT2D eigenvalue weighted by molar-refractivity contribution is 6.05. The van der Waals surface area contributed by atoms with Crippen LogP contribution in [0.4, 0.5) is 0 Å². The number of amides is 2. The van der Waals surface area contributed by atoms with Crippen molar-refractivity contribution in [3.63, 3.8) is 0 Å². The molecule has 0 aromatic rings. The molecule has 2 amide bonds. The van der Waals surface area contributed by atoms with Crippen LogP contribution in [0, 0.1) is 0 Å². The summed E-state index contributed by atoms with van der Waals surface area (Å²) in [4.78, 5) is 25.4. The first-order chi connectivity index (χ1) is 7.74. The molecular weight excluding hydrogens is 204 g/mol. The van der Waals surface area contributed by atoms with Crippen LogP contribution in [0.25, 0.3) is 0 Å². The average Bonchev–Trinajstić information content (AvgIpc) is 2.49. The van der Waals surface area contributed by atoms with Gasteiger partial charge in [0.15, 0.2) is 0 Å². The molecule has 90 valence electrons. The van der Waals surface area contributed by atoms with Crippen LogP contribution >= 0.6 is 0 Å². The van der Waals surface area contributed by atoms with Crippen LogP contribution in [0.1, 0.15) is 44.9 Å². The molecule has 1 heterocycles. The van der Waals surface area contributed by atoms with Gasteiger partial charge in [-0.3, -0.25) is 14.5 Å². The molecule has 1 saturated carbocycles. The van der Waals surface area contributed by atoms with Crippen LogP contribution in [-0.4, -0.2) is 35.8 Å². The Bertz CT molecular complexity index is 283. The van der Waals surface area contributed by atoms with E-state index in [1.54, 1.807) is 7.05 Å². The van der Waals surface area contributed by atoms with Crippen molar-refractivity contribution in [1.82, 2.24) is 10.2 Å². The van der Waals surface area contributed by atoms with Gasteiger partial charge in [-0.1, -0.05) is 25.7 Å². The number of nitrogens with zero attached hydrogens (tertiary/aromatic N) is 1. The van der Waals surface area contributed by atoms with Gasteiger partial charge in [0, 0.05) is 6.04 Å². The van der Waals surface area contributed by atoms with Crippen LogP contribution in [-0.2, 0) is 9.59 Å². The minimum absolute atomic E-state index is 0.0104. The third-order valence-electron chi connectivity index (χ3n) is 3.72. The maximum absolute atomic E-state index is 12.0. The van der Waals surface area contributed by atoms with E-state index in [0.29, 0.717) is 6.42 Å². The Kier molecular flexibility index (Phi) is 3.59. The average molecular weight is 224 g/mol. The molecule has 1 unspecified atom stereocenters. The van der Waals surface area contributed by atoms with Gasteiger partial charge in [0.05, 0.1) is 12.5 Å². The number of likely N-dealkylation sites (tertiary alicyclic amines) is 1. The molecule has 1 aliphatic carbocycles. The van der Waals surface area contributed by atoms with E-state index in [2.05, 4.69) is 5.32 Å². The third-order valence-corrected chi connectivity index (χ3v) is 3.72. The molecular formula is C12H20N2O2. The Balaban J connectivity index is 2.07. The van der Waals surface area contributed by atoms with Crippen molar-refractivity contribution in [3.8, 4) is 0 Å².